The van der Waals surface area contributed by atoms with E-state index in [1.807, 2.05) is 6.92 Å². The van der Waals surface area contributed by atoms with E-state index in [1.165, 1.54) is 6.92 Å². The molecule has 4 heteroatoms. The fourth-order valence-corrected chi connectivity index (χ4v) is 1.03. The van der Waals surface area contributed by atoms with Gasteiger partial charge in [-0.1, -0.05) is 6.92 Å². The standard InChI is InChI=1S/C9H12N2O2/c1-3-9(13-7(2)12)8-6-10-4-5-11-8/h4-6,9H,3H2,1-2H3. The number of carbonyl (C=O) groups is 1. The highest BCUT2D eigenvalue weighted by Gasteiger charge is 2.13. The van der Waals surface area contributed by atoms with Crippen LogP contribution in [0.2, 0.25) is 0 Å². The van der Waals surface area contributed by atoms with Gasteiger partial charge in [-0.3, -0.25) is 14.8 Å². The maximum absolute atomic E-state index is 10.7. The molecular weight excluding hydrogens is 168 g/mol. The minimum absolute atomic E-state index is 0.272. The molecule has 1 heterocycles. The molecule has 0 saturated heterocycles. The second kappa shape index (κ2) is 4.54. The molecule has 13 heavy (non-hydrogen) atoms. The quantitative estimate of drug-likeness (QED) is 0.661. The largest absolute Gasteiger partial charge is 0.456 e. The molecular formula is C9H12N2O2. The Morgan fingerprint density at radius 2 is 2.38 bits per heavy atom. The number of esters is 1. The molecule has 0 fully saturated rings. The molecule has 1 aromatic rings. The van der Waals surface area contributed by atoms with E-state index >= 15 is 0 Å². The van der Waals surface area contributed by atoms with E-state index in [1.54, 1.807) is 18.6 Å². The Morgan fingerprint density at radius 3 is 2.85 bits per heavy atom. The normalized spacial score (nSPS) is 12.2. The Bertz CT molecular complexity index is 274. The van der Waals surface area contributed by atoms with Gasteiger partial charge in [0.25, 0.3) is 0 Å². The van der Waals surface area contributed by atoms with Crippen LogP contribution in [0.3, 0.4) is 0 Å². The molecule has 0 aliphatic heterocycles. The molecule has 1 aromatic heterocycles. The van der Waals surface area contributed by atoms with Crippen LogP contribution < -0.4 is 0 Å². The molecule has 0 saturated carbocycles. The van der Waals surface area contributed by atoms with E-state index in [0.29, 0.717) is 12.1 Å². The van der Waals surface area contributed by atoms with E-state index < -0.39 is 0 Å². The highest BCUT2D eigenvalue weighted by Crippen LogP contribution is 2.17. The van der Waals surface area contributed by atoms with Gasteiger partial charge in [0.1, 0.15) is 6.10 Å². The number of hydrogen-bond donors (Lipinski definition) is 0. The molecule has 0 aromatic carbocycles. The van der Waals surface area contributed by atoms with Crippen molar-refractivity contribution in [1.82, 2.24) is 9.97 Å². The summed E-state index contributed by atoms with van der Waals surface area (Å²) in [5.74, 6) is -0.294. The van der Waals surface area contributed by atoms with Crippen LogP contribution in [0.25, 0.3) is 0 Å². The first-order valence-corrected chi connectivity index (χ1v) is 4.17. The minimum atomic E-state index is -0.294. The predicted molar refractivity (Wildman–Crippen MR) is 46.8 cm³/mol. The van der Waals surface area contributed by atoms with Crippen LogP contribution in [-0.2, 0) is 9.53 Å². The van der Waals surface area contributed by atoms with Crippen LogP contribution in [0.5, 0.6) is 0 Å². The van der Waals surface area contributed by atoms with Crippen molar-refractivity contribution in [2.24, 2.45) is 0 Å². The summed E-state index contributed by atoms with van der Waals surface area (Å²) in [6.45, 7) is 3.32. The molecule has 1 rings (SSSR count). The summed E-state index contributed by atoms with van der Waals surface area (Å²) in [4.78, 5) is 18.7. The molecule has 1 atom stereocenters. The van der Waals surface area contributed by atoms with Crippen molar-refractivity contribution in [3.8, 4) is 0 Å². The van der Waals surface area contributed by atoms with Crippen LogP contribution in [-0.4, -0.2) is 15.9 Å². The zero-order chi connectivity index (χ0) is 9.68. The number of carbonyl (C=O) groups excluding carboxylic acids is 1. The van der Waals surface area contributed by atoms with Gasteiger partial charge in [-0.05, 0) is 6.42 Å². The lowest BCUT2D eigenvalue weighted by Crippen LogP contribution is -2.09. The van der Waals surface area contributed by atoms with Crippen molar-refractivity contribution in [2.45, 2.75) is 26.4 Å². The van der Waals surface area contributed by atoms with E-state index in [4.69, 9.17) is 4.74 Å². The highest BCUT2D eigenvalue weighted by molar-refractivity contribution is 5.66. The lowest BCUT2D eigenvalue weighted by Gasteiger charge is -2.13. The van der Waals surface area contributed by atoms with Gasteiger partial charge in [0.2, 0.25) is 0 Å². The van der Waals surface area contributed by atoms with Crippen LogP contribution in [0.4, 0.5) is 0 Å². The molecule has 1 unspecified atom stereocenters. The molecule has 0 spiro atoms. The zero-order valence-corrected chi connectivity index (χ0v) is 7.73. The Hall–Kier alpha value is -1.45. The Morgan fingerprint density at radius 1 is 1.62 bits per heavy atom. The number of hydrogen-bond acceptors (Lipinski definition) is 4. The van der Waals surface area contributed by atoms with Crippen molar-refractivity contribution in [3.05, 3.63) is 24.3 Å². The van der Waals surface area contributed by atoms with Gasteiger partial charge in [-0.15, -0.1) is 0 Å². The van der Waals surface area contributed by atoms with Gasteiger partial charge in [-0.2, -0.15) is 0 Å². The maximum atomic E-state index is 10.7. The van der Waals surface area contributed by atoms with Crippen LogP contribution in [0, 0.1) is 0 Å². The summed E-state index contributed by atoms with van der Waals surface area (Å²) in [5, 5.41) is 0. The van der Waals surface area contributed by atoms with E-state index in [2.05, 4.69) is 9.97 Å². The average molecular weight is 180 g/mol. The van der Waals surface area contributed by atoms with Gasteiger partial charge in [0, 0.05) is 19.3 Å². The summed E-state index contributed by atoms with van der Waals surface area (Å²) in [5.41, 5.74) is 0.695. The molecule has 4 nitrogen and oxygen atoms in total. The minimum Gasteiger partial charge on any atom is -0.456 e. The maximum Gasteiger partial charge on any atom is 0.303 e. The second-order valence-corrected chi connectivity index (χ2v) is 2.64. The monoisotopic (exact) mass is 180 g/mol. The third-order valence-electron chi connectivity index (χ3n) is 1.59. The van der Waals surface area contributed by atoms with Crippen molar-refractivity contribution in [1.29, 1.82) is 0 Å². The van der Waals surface area contributed by atoms with Crippen molar-refractivity contribution in [3.63, 3.8) is 0 Å². The van der Waals surface area contributed by atoms with E-state index in [9.17, 15) is 4.79 Å². The Labute approximate surface area is 77.0 Å². The van der Waals surface area contributed by atoms with Gasteiger partial charge >= 0.3 is 5.97 Å². The first kappa shape index (κ1) is 9.64. The van der Waals surface area contributed by atoms with Crippen molar-refractivity contribution < 1.29 is 9.53 Å². The van der Waals surface area contributed by atoms with Gasteiger partial charge in [0.15, 0.2) is 0 Å². The van der Waals surface area contributed by atoms with E-state index in [0.717, 1.165) is 0 Å². The third-order valence-corrected chi connectivity index (χ3v) is 1.59. The first-order valence-electron chi connectivity index (χ1n) is 4.17. The van der Waals surface area contributed by atoms with Crippen LogP contribution >= 0.6 is 0 Å². The number of rotatable bonds is 3. The smallest absolute Gasteiger partial charge is 0.303 e. The van der Waals surface area contributed by atoms with Crippen LogP contribution in [0.1, 0.15) is 32.1 Å². The predicted octanol–water partition coefficient (Wildman–Crippen LogP) is 1.49. The van der Waals surface area contributed by atoms with Gasteiger partial charge < -0.3 is 4.74 Å². The summed E-state index contributed by atoms with van der Waals surface area (Å²) < 4.78 is 5.04. The Kier molecular flexibility index (Phi) is 3.37. The molecule has 0 radical (unpaired) electrons. The van der Waals surface area contributed by atoms with Gasteiger partial charge in [0.05, 0.1) is 11.9 Å². The molecule has 0 aliphatic rings. The van der Waals surface area contributed by atoms with Crippen LogP contribution in [0.15, 0.2) is 18.6 Å². The lowest BCUT2D eigenvalue weighted by molar-refractivity contribution is -0.147. The molecule has 0 bridgehead atoms. The summed E-state index contributed by atoms with van der Waals surface area (Å²) in [6, 6.07) is 0. The Balaban J connectivity index is 2.73. The zero-order valence-electron chi connectivity index (χ0n) is 7.73. The van der Waals surface area contributed by atoms with Crippen molar-refractivity contribution >= 4 is 5.97 Å². The fraction of sp³-hybridized carbons (Fsp3) is 0.444. The first-order chi connectivity index (χ1) is 6.24. The van der Waals surface area contributed by atoms with Crippen molar-refractivity contribution in [2.75, 3.05) is 0 Å². The van der Waals surface area contributed by atoms with Gasteiger partial charge in [-0.25, -0.2) is 0 Å². The molecule has 0 N–H and O–H groups in total. The van der Waals surface area contributed by atoms with E-state index in [-0.39, 0.29) is 12.1 Å². The number of ether oxygens (including phenoxy) is 1. The summed E-state index contributed by atoms with van der Waals surface area (Å²) >= 11 is 0. The number of aromatic nitrogens is 2. The third kappa shape index (κ3) is 2.82. The second-order valence-electron chi connectivity index (χ2n) is 2.64. The average Bonchev–Trinajstić information content (AvgIpc) is 2.15. The topological polar surface area (TPSA) is 52.1 Å². The number of nitrogens with zero attached hydrogens (tertiary/aromatic N) is 2. The lowest BCUT2D eigenvalue weighted by atomic mass is 10.2. The highest BCUT2D eigenvalue weighted by atomic mass is 16.5. The molecule has 0 aliphatic carbocycles. The molecule has 70 valence electrons. The molecule has 0 amide bonds. The summed E-state index contributed by atoms with van der Waals surface area (Å²) in [6.07, 6.45) is 5.21. The fourth-order valence-electron chi connectivity index (χ4n) is 1.03. The SMILES string of the molecule is CCC(OC(C)=O)c1cnccn1. The summed E-state index contributed by atoms with van der Waals surface area (Å²) in [7, 11) is 0.